The van der Waals surface area contributed by atoms with Gasteiger partial charge >= 0.3 is 0 Å². The minimum Gasteiger partial charge on any atom is -0.491 e. The average molecular weight is 356 g/mol. The number of nitrogens with zero attached hydrogens (tertiary/aromatic N) is 1. The molecule has 0 spiro atoms. The van der Waals surface area contributed by atoms with Gasteiger partial charge in [0, 0.05) is 19.7 Å². The number of piperidine rings is 1. The average Bonchev–Trinajstić information content (AvgIpc) is 2.60. The molecule has 1 aliphatic rings. The van der Waals surface area contributed by atoms with Gasteiger partial charge in [-0.1, -0.05) is 0 Å². The molecular formula is C17H28N2O4S. The minimum absolute atomic E-state index is 0.326. The van der Waals surface area contributed by atoms with Crippen LogP contribution in [0.25, 0.3) is 0 Å². The van der Waals surface area contributed by atoms with Gasteiger partial charge in [0.2, 0.25) is 10.0 Å². The Labute approximate surface area is 145 Å². The SMILES string of the molecule is CCOCCOc1ccc(S(=O)(=O)N2CCC(CNC)CC2)cc1. The first-order valence-electron chi connectivity index (χ1n) is 8.53. The zero-order valence-corrected chi connectivity index (χ0v) is 15.3. The first kappa shape index (κ1) is 19.2. The van der Waals surface area contributed by atoms with Crippen molar-refractivity contribution in [2.45, 2.75) is 24.7 Å². The zero-order valence-electron chi connectivity index (χ0n) is 14.5. The van der Waals surface area contributed by atoms with E-state index < -0.39 is 10.0 Å². The molecule has 6 nitrogen and oxygen atoms in total. The monoisotopic (exact) mass is 356 g/mol. The molecule has 1 saturated heterocycles. The van der Waals surface area contributed by atoms with E-state index in [9.17, 15) is 8.42 Å². The highest BCUT2D eigenvalue weighted by Gasteiger charge is 2.29. The molecule has 1 aromatic carbocycles. The number of ether oxygens (including phenoxy) is 2. The lowest BCUT2D eigenvalue weighted by molar-refractivity contribution is 0.110. The molecule has 1 fully saturated rings. The Hall–Kier alpha value is -1.15. The van der Waals surface area contributed by atoms with Gasteiger partial charge in [0.1, 0.15) is 12.4 Å². The molecular weight excluding hydrogens is 328 g/mol. The number of benzene rings is 1. The van der Waals surface area contributed by atoms with E-state index in [1.54, 1.807) is 28.6 Å². The molecule has 1 heterocycles. The maximum Gasteiger partial charge on any atom is 0.243 e. The lowest BCUT2D eigenvalue weighted by Gasteiger charge is -2.31. The molecule has 0 aromatic heterocycles. The third-order valence-corrected chi connectivity index (χ3v) is 6.14. The third kappa shape index (κ3) is 5.17. The van der Waals surface area contributed by atoms with Crippen LogP contribution in [0.4, 0.5) is 0 Å². The maximum atomic E-state index is 12.7. The van der Waals surface area contributed by atoms with Crippen molar-refractivity contribution in [2.75, 3.05) is 46.5 Å². The van der Waals surface area contributed by atoms with E-state index in [2.05, 4.69) is 5.32 Å². The quantitative estimate of drug-likeness (QED) is 0.683. The Kier molecular flexibility index (Phi) is 7.48. The maximum absolute atomic E-state index is 12.7. The van der Waals surface area contributed by atoms with Crippen molar-refractivity contribution >= 4 is 10.0 Å². The highest BCUT2D eigenvalue weighted by Crippen LogP contribution is 2.24. The van der Waals surface area contributed by atoms with E-state index >= 15 is 0 Å². The number of rotatable bonds is 9. The molecule has 1 aromatic rings. The summed E-state index contributed by atoms with van der Waals surface area (Å²) in [6.07, 6.45) is 1.80. The highest BCUT2D eigenvalue weighted by atomic mass is 32.2. The standard InChI is InChI=1S/C17H28N2O4S/c1-3-22-12-13-23-16-4-6-17(7-5-16)24(20,21)19-10-8-15(9-11-19)14-18-2/h4-7,15,18H,3,8-14H2,1-2H3. The van der Waals surface area contributed by atoms with Gasteiger partial charge in [-0.2, -0.15) is 4.31 Å². The second-order valence-corrected chi connectivity index (χ2v) is 7.86. The molecule has 0 bridgehead atoms. The van der Waals surface area contributed by atoms with Crippen LogP contribution in [0.5, 0.6) is 5.75 Å². The summed E-state index contributed by atoms with van der Waals surface area (Å²) in [6.45, 7) is 5.69. The molecule has 1 N–H and O–H groups in total. The van der Waals surface area contributed by atoms with Crippen LogP contribution >= 0.6 is 0 Å². The van der Waals surface area contributed by atoms with Crippen molar-refractivity contribution in [3.05, 3.63) is 24.3 Å². The lowest BCUT2D eigenvalue weighted by Crippen LogP contribution is -2.40. The molecule has 0 saturated carbocycles. The Morgan fingerprint density at radius 3 is 2.42 bits per heavy atom. The Morgan fingerprint density at radius 2 is 1.83 bits per heavy atom. The van der Waals surface area contributed by atoms with Crippen LogP contribution in [-0.2, 0) is 14.8 Å². The third-order valence-electron chi connectivity index (χ3n) is 4.23. The largest absolute Gasteiger partial charge is 0.491 e. The summed E-state index contributed by atoms with van der Waals surface area (Å²) >= 11 is 0. The molecule has 7 heteroatoms. The van der Waals surface area contributed by atoms with Gasteiger partial charge in [-0.3, -0.25) is 0 Å². The van der Waals surface area contributed by atoms with E-state index in [4.69, 9.17) is 9.47 Å². The van der Waals surface area contributed by atoms with Crippen LogP contribution in [0.1, 0.15) is 19.8 Å². The smallest absolute Gasteiger partial charge is 0.243 e. The molecule has 0 aliphatic carbocycles. The fourth-order valence-electron chi connectivity index (χ4n) is 2.86. The van der Waals surface area contributed by atoms with Crippen molar-refractivity contribution < 1.29 is 17.9 Å². The van der Waals surface area contributed by atoms with Crippen molar-refractivity contribution in [1.29, 1.82) is 0 Å². The normalized spacial score (nSPS) is 17.1. The van der Waals surface area contributed by atoms with Crippen LogP contribution in [0.15, 0.2) is 29.2 Å². The first-order chi connectivity index (χ1) is 11.6. The van der Waals surface area contributed by atoms with Crippen molar-refractivity contribution in [1.82, 2.24) is 9.62 Å². The van der Waals surface area contributed by atoms with Gasteiger partial charge in [0.05, 0.1) is 11.5 Å². The van der Waals surface area contributed by atoms with Crippen molar-refractivity contribution in [3.8, 4) is 5.75 Å². The Balaban J connectivity index is 1.92. The molecule has 1 aliphatic heterocycles. The Bertz CT molecular complexity index is 581. The number of nitrogens with one attached hydrogen (secondary N) is 1. The van der Waals surface area contributed by atoms with Gasteiger partial charge in [-0.15, -0.1) is 0 Å². The summed E-state index contributed by atoms with van der Waals surface area (Å²) in [4.78, 5) is 0.326. The molecule has 0 unspecified atom stereocenters. The molecule has 0 radical (unpaired) electrons. The summed E-state index contributed by atoms with van der Waals surface area (Å²) in [5.41, 5.74) is 0. The second-order valence-electron chi connectivity index (χ2n) is 5.92. The van der Waals surface area contributed by atoms with E-state index in [0.717, 1.165) is 19.4 Å². The summed E-state index contributed by atoms with van der Waals surface area (Å²) in [7, 11) is -1.48. The molecule has 2 rings (SSSR count). The summed E-state index contributed by atoms with van der Waals surface area (Å²) in [5, 5.41) is 3.16. The number of sulfonamides is 1. The van der Waals surface area contributed by atoms with E-state index in [1.807, 2.05) is 14.0 Å². The van der Waals surface area contributed by atoms with Gasteiger partial charge in [0.15, 0.2) is 0 Å². The Morgan fingerprint density at radius 1 is 1.17 bits per heavy atom. The van der Waals surface area contributed by atoms with Gasteiger partial charge < -0.3 is 14.8 Å². The van der Waals surface area contributed by atoms with Crippen molar-refractivity contribution in [3.63, 3.8) is 0 Å². The van der Waals surface area contributed by atoms with E-state index in [0.29, 0.717) is 49.5 Å². The second kappa shape index (κ2) is 9.36. The first-order valence-corrected chi connectivity index (χ1v) is 9.97. The van der Waals surface area contributed by atoms with Crippen LogP contribution < -0.4 is 10.1 Å². The molecule has 24 heavy (non-hydrogen) atoms. The highest BCUT2D eigenvalue weighted by molar-refractivity contribution is 7.89. The van der Waals surface area contributed by atoms with Gasteiger partial charge in [-0.05, 0) is 63.5 Å². The van der Waals surface area contributed by atoms with Crippen LogP contribution in [0, 0.1) is 5.92 Å². The molecule has 136 valence electrons. The van der Waals surface area contributed by atoms with Crippen LogP contribution in [-0.4, -0.2) is 59.2 Å². The summed E-state index contributed by atoms with van der Waals surface area (Å²) in [5.74, 6) is 1.21. The van der Waals surface area contributed by atoms with E-state index in [1.165, 1.54) is 0 Å². The fraction of sp³-hybridized carbons (Fsp3) is 0.647. The number of hydrogen-bond acceptors (Lipinski definition) is 5. The minimum atomic E-state index is -3.41. The van der Waals surface area contributed by atoms with Gasteiger partial charge in [0.25, 0.3) is 0 Å². The van der Waals surface area contributed by atoms with Crippen LogP contribution in [0.2, 0.25) is 0 Å². The van der Waals surface area contributed by atoms with Crippen molar-refractivity contribution in [2.24, 2.45) is 5.92 Å². The number of hydrogen-bond donors (Lipinski definition) is 1. The predicted molar refractivity (Wildman–Crippen MR) is 93.8 cm³/mol. The lowest BCUT2D eigenvalue weighted by atomic mass is 9.98. The molecule has 0 atom stereocenters. The summed E-state index contributed by atoms with van der Waals surface area (Å²) < 4.78 is 37.7. The molecule has 0 amide bonds. The predicted octanol–water partition coefficient (Wildman–Crippen LogP) is 1.72. The zero-order chi connectivity index (χ0) is 17.4. The topological polar surface area (TPSA) is 67.9 Å². The van der Waals surface area contributed by atoms with Gasteiger partial charge in [-0.25, -0.2) is 8.42 Å². The van der Waals surface area contributed by atoms with E-state index in [-0.39, 0.29) is 0 Å². The van der Waals surface area contributed by atoms with Crippen LogP contribution in [0.3, 0.4) is 0 Å². The summed E-state index contributed by atoms with van der Waals surface area (Å²) in [6, 6.07) is 6.63. The fourth-order valence-corrected chi connectivity index (χ4v) is 4.33.